The Morgan fingerprint density at radius 2 is 1.88 bits per heavy atom. The molecule has 0 spiro atoms. The number of carbonyl (C=O) groups excluding carboxylic acids is 2. The van der Waals surface area contributed by atoms with Crippen LogP contribution >= 0.6 is 0 Å². The highest BCUT2D eigenvalue weighted by Gasteiger charge is 2.32. The van der Waals surface area contributed by atoms with E-state index in [1.807, 2.05) is 21.7 Å². The van der Waals surface area contributed by atoms with E-state index >= 15 is 0 Å². The van der Waals surface area contributed by atoms with Crippen LogP contribution in [-0.4, -0.2) is 51.3 Å². The first-order chi connectivity index (χ1) is 15.6. The molecule has 1 aliphatic carbocycles. The molecule has 0 saturated carbocycles. The van der Waals surface area contributed by atoms with E-state index in [-0.39, 0.29) is 23.7 Å². The third kappa shape index (κ3) is 3.39. The first-order valence-electron chi connectivity index (χ1n) is 11.0. The Morgan fingerprint density at radius 3 is 2.62 bits per heavy atom. The van der Waals surface area contributed by atoms with Crippen molar-refractivity contribution in [2.75, 3.05) is 20.2 Å². The lowest BCUT2D eigenvalue weighted by Crippen LogP contribution is -2.40. The summed E-state index contributed by atoms with van der Waals surface area (Å²) in [6.45, 7) is 1.15. The summed E-state index contributed by atoms with van der Waals surface area (Å²) in [5, 5.41) is 4.57. The molecule has 1 aliphatic heterocycles. The molecule has 166 valence electrons. The Kier molecular flexibility index (Phi) is 5.28. The monoisotopic (exact) mass is 436 g/mol. The van der Waals surface area contributed by atoms with Crippen LogP contribution in [0, 0.1) is 5.82 Å². The highest BCUT2D eigenvalue weighted by molar-refractivity contribution is 5.94. The number of carbonyl (C=O) groups is 2. The van der Waals surface area contributed by atoms with Crippen LogP contribution < -0.4 is 0 Å². The number of amides is 1. The minimum absolute atomic E-state index is 0.0996. The second kappa shape index (κ2) is 8.26. The van der Waals surface area contributed by atoms with Gasteiger partial charge in [-0.05, 0) is 56.4 Å². The lowest BCUT2D eigenvalue weighted by atomic mass is 10.0. The van der Waals surface area contributed by atoms with Crippen molar-refractivity contribution in [2.24, 2.45) is 0 Å². The van der Waals surface area contributed by atoms with E-state index in [9.17, 15) is 14.0 Å². The predicted octanol–water partition coefficient (Wildman–Crippen LogP) is 3.57. The van der Waals surface area contributed by atoms with Crippen molar-refractivity contribution in [2.45, 2.75) is 38.1 Å². The molecule has 32 heavy (non-hydrogen) atoms. The van der Waals surface area contributed by atoms with E-state index in [0.717, 1.165) is 43.4 Å². The third-order valence-corrected chi connectivity index (χ3v) is 6.53. The molecule has 0 radical (unpaired) electrons. The van der Waals surface area contributed by atoms with E-state index in [1.54, 1.807) is 28.9 Å². The van der Waals surface area contributed by atoms with Gasteiger partial charge in [0.1, 0.15) is 17.2 Å². The number of piperidine rings is 1. The Bertz CT molecular complexity index is 1170. The molecule has 1 amide bonds. The van der Waals surface area contributed by atoms with Gasteiger partial charge < -0.3 is 14.2 Å². The number of hydrogen-bond acceptors (Lipinski definition) is 4. The molecule has 1 saturated heterocycles. The number of halogens is 1. The zero-order valence-electron chi connectivity index (χ0n) is 18.0. The molecule has 2 aromatic heterocycles. The van der Waals surface area contributed by atoms with Gasteiger partial charge in [-0.1, -0.05) is 12.1 Å². The summed E-state index contributed by atoms with van der Waals surface area (Å²) in [6.07, 6.45) is 5.87. The van der Waals surface area contributed by atoms with E-state index in [4.69, 9.17) is 4.74 Å². The van der Waals surface area contributed by atoms with Crippen LogP contribution in [0.4, 0.5) is 4.39 Å². The van der Waals surface area contributed by atoms with Crippen molar-refractivity contribution in [3.63, 3.8) is 0 Å². The summed E-state index contributed by atoms with van der Waals surface area (Å²) in [4.78, 5) is 27.2. The van der Waals surface area contributed by atoms with Crippen molar-refractivity contribution in [1.82, 2.24) is 19.2 Å². The van der Waals surface area contributed by atoms with Gasteiger partial charge in [0, 0.05) is 36.6 Å². The number of aromatic nitrogens is 3. The zero-order valence-corrected chi connectivity index (χ0v) is 18.0. The number of hydrogen-bond donors (Lipinski definition) is 0. The number of ether oxygens (including phenoxy) is 1. The average molecular weight is 436 g/mol. The number of nitrogens with zero attached hydrogens (tertiary/aromatic N) is 4. The molecule has 1 fully saturated rings. The Hall–Kier alpha value is -3.42. The smallest absolute Gasteiger partial charge is 0.354 e. The quantitative estimate of drug-likeness (QED) is 0.587. The van der Waals surface area contributed by atoms with Gasteiger partial charge in [0.05, 0.1) is 7.11 Å². The summed E-state index contributed by atoms with van der Waals surface area (Å²) < 4.78 is 22.8. The topological polar surface area (TPSA) is 69.4 Å². The summed E-state index contributed by atoms with van der Waals surface area (Å²) in [6, 6.07) is 10.2. The fourth-order valence-corrected chi connectivity index (χ4v) is 4.92. The molecule has 0 atom stereocenters. The summed E-state index contributed by atoms with van der Waals surface area (Å²) in [7, 11) is 1.37. The molecular weight excluding hydrogens is 411 g/mol. The Balaban J connectivity index is 1.36. The molecule has 3 heterocycles. The van der Waals surface area contributed by atoms with Gasteiger partial charge in [0.15, 0.2) is 5.69 Å². The van der Waals surface area contributed by atoms with Crippen LogP contribution in [0.1, 0.15) is 57.5 Å². The van der Waals surface area contributed by atoms with Crippen molar-refractivity contribution in [1.29, 1.82) is 0 Å². The Labute approximate surface area is 185 Å². The number of rotatable bonds is 4. The summed E-state index contributed by atoms with van der Waals surface area (Å²) >= 11 is 0. The van der Waals surface area contributed by atoms with Crippen LogP contribution in [0.15, 0.2) is 42.6 Å². The average Bonchev–Trinajstić information content (AvgIpc) is 3.55. The summed E-state index contributed by atoms with van der Waals surface area (Å²) in [5.74, 6) is -0.808. The van der Waals surface area contributed by atoms with Crippen molar-refractivity contribution >= 4 is 11.9 Å². The van der Waals surface area contributed by atoms with Crippen LogP contribution in [0.25, 0.3) is 5.69 Å². The van der Waals surface area contributed by atoms with Crippen molar-refractivity contribution in [3.8, 4) is 5.69 Å². The highest BCUT2D eigenvalue weighted by atomic mass is 19.1. The van der Waals surface area contributed by atoms with Gasteiger partial charge in [-0.3, -0.25) is 4.79 Å². The number of esters is 1. The number of para-hydroxylation sites is 1. The minimum atomic E-state index is -0.359. The zero-order chi connectivity index (χ0) is 22.2. The molecule has 1 aromatic carbocycles. The third-order valence-electron chi connectivity index (χ3n) is 6.53. The first-order valence-corrected chi connectivity index (χ1v) is 11.0. The molecule has 3 aromatic rings. The number of likely N-dealkylation sites (tertiary alicyclic amines) is 1. The number of benzene rings is 1. The van der Waals surface area contributed by atoms with E-state index < -0.39 is 0 Å². The maximum Gasteiger partial charge on any atom is 0.354 e. The Morgan fingerprint density at radius 1 is 1.09 bits per heavy atom. The minimum Gasteiger partial charge on any atom is -0.464 e. The van der Waals surface area contributed by atoms with Crippen LogP contribution in [0.5, 0.6) is 0 Å². The fourth-order valence-electron chi connectivity index (χ4n) is 4.92. The standard InChI is InChI=1S/C24H25FN4O3/c1-32-24(31)21-10-5-13-28(21)16-11-14-27(15-12-16)23(30)22-17-6-4-9-19(17)29(26-22)20-8-3-2-7-18(20)25/h2-3,5,7-8,10,13,16H,4,6,9,11-12,14-15H2,1H3. The molecule has 0 unspecified atom stereocenters. The number of fused-ring (bicyclic) bond motifs is 1. The molecule has 7 nitrogen and oxygen atoms in total. The number of methoxy groups -OCH3 is 1. The van der Waals surface area contributed by atoms with Gasteiger partial charge in [-0.25, -0.2) is 13.9 Å². The molecule has 2 aliphatic rings. The second-order valence-corrected chi connectivity index (χ2v) is 8.31. The first kappa shape index (κ1) is 20.5. The summed E-state index contributed by atoms with van der Waals surface area (Å²) in [5.41, 5.74) is 3.22. The van der Waals surface area contributed by atoms with Gasteiger partial charge in [0.2, 0.25) is 0 Å². The van der Waals surface area contributed by atoms with E-state index in [2.05, 4.69) is 5.10 Å². The van der Waals surface area contributed by atoms with Crippen LogP contribution in [0.2, 0.25) is 0 Å². The van der Waals surface area contributed by atoms with E-state index in [0.29, 0.717) is 30.2 Å². The molecular formula is C24H25FN4O3. The highest BCUT2D eigenvalue weighted by Crippen LogP contribution is 2.31. The molecule has 0 N–H and O–H groups in total. The normalized spacial score (nSPS) is 16.2. The van der Waals surface area contributed by atoms with Gasteiger partial charge >= 0.3 is 5.97 Å². The molecule has 0 bridgehead atoms. The second-order valence-electron chi connectivity index (χ2n) is 8.31. The fraction of sp³-hybridized carbons (Fsp3) is 0.375. The van der Waals surface area contributed by atoms with Crippen molar-refractivity contribution < 1.29 is 18.7 Å². The van der Waals surface area contributed by atoms with E-state index in [1.165, 1.54) is 13.2 Å². The van der Waals surface area contributed by atoms with Gasteiger partial charge in [-0.2, -0.15) is 5.10 Å². The van der Waals surface area contributed by atoms with Gasteiger partial charge in [-0.15, -0.1) is 0 Å². The lowest BCUT2D eigenvalue weighted by Gasteiger charge is -2.33. The van der Waals surface area contributed by atoms with Crippen molar-refractivity contribution in [3.05, 3.63) is 71.1 Å². The largest absolute Gasteiger partial charge is 0.464 e. The maximum absolute atomic E-state index is 14.4. The predicted molar refractivity (Wildman–Crippen MR) is 115 cm³/mol. The van der Waals surface area contributed by atoms with Gasteiger partial charge in [0.25, 0.3) is 5.91 Å². The SMILES string of the molecule is COC(=O)c1cccn1C1CCN(C(=O)c2nn(-c3ccccc3F)c3c2CCC3)CC1. The lowest BCUT2D eigenvalue weighted by molar-refractivity contribution is 0.0572. The molecule has 5 rings (SSSR count). The maximum atomic E-state index is 14.4. The van der Waals surface area contributed by atoms with Crippen LogP contribution in [-0.2, 0) is 17.6 Å². The van der Waals surface area contributed by atoms with Crippen LogP contribution in [0.3, 0.4) is 0 Å². The molecule has 8 heteroatoms.